The maximum absolute atomic E-state index is 13.7. The summed E-state index contributed by atoms with van der Waals surface area (Å²) in [5, 5.41) is 0.123. The van der Waals surface area contributed by atoms with Crippen molar-refractivity contribution < 1.29 is 4.39 Å². The predicted molar refractivity (Wildman–Crippen MR) is 60.1 cm³/mol. The first-order valence-corrected chi connectivity index (χ1v) is 6.06. The molecule has 0 spiro atoms. The third-order valence-electron chi connectivity index (χ3n) is 3.11. The Morgan fingerprint density at radius 1 is 1.38 bits per heavy atom. The molecule has 0 atom stereocenters. The summed E-state index contributed by atoms with van der Waals surface area (Å²) >= 11 is 5.72. The number of rotatable bonds is 4. The van der Waals surface area contributed by atoms with Crippen LogP contribution < -0.4 is 4.90 Å². The van der Waals surface area contributed by atoms with E-state index in [9.17, 15) is 4.39 Å². The molecular weight excluding hydrogens is 229 g/mol. The zero-order valence-corrected chi connectivity index (χ0v) is 9.62. The number of nitrogens with zero attached hydrogens (tertiary/aromatic N) is 3. The molecule has 3 nitrogen and oxygen atoms in total. The third-order valence-corrected chi connectivity index (χ3v) is 3.29. The standard InChI is InChI=1S/C11H13ClFN3/c12-11-14-5-9(13)10(15-11)16(8-3-4-8)6-7-1-2-7/h5,7-8H,1-4,6H2. The van der Waals surface area contributed by atoms with Crippen molar-refractivity contribution in [2.24, 2.45) is 5.92 Å². The number of halogens is 2. The van der Waals surface area contributed by atoms with Gasteiger partial charge in [-0.2, -0.15) is 4.98 Å². The summed E-state index contributed by atoms with van der Waals surface area (Å²) in [6.45, 7) is 0.912. The van der Waals surface area contributed by atoms with Crippen LogP contribution in [-0.2, 0) is 0 Å². The zero-order valence-electron chi connectivity index (χ0n) is 8.87. The average Bonchev–Trinajstić information content (AvgIpc) is 3.12. The van der Waals surface area contributed by atoms with Gasteiger partial charge in [0, 0.05) is 12.6 Å². The number of hydrogen-bond acceptors (Lipinski definition) is 3. The Bertz CT molecular complexity index is 404. The molecule has 0 bridgehead atoms. The second-order valence-electron chi connectivity index (χ2n) is 4.64. The van der Waals surface area contributed by atoms with Crippen molar-refractivity contribution in [3.63, 3.8) is 0 Å². The normalized spacial score (nSPS) is 19.9. The van der Waals surface area contributed by atoms with E-state index in [1.165, 1.54) is 12.8 Å². The van der Waals surface area contributed by atoms with Gasteiger partial charge in [-0.25, -0.2) is 9.37 Å². The van der Waals surface area contributed by atoms with Gasteiger partial charge in [0.1, 0.15) is 0 Å². The topological polar surface area (TPSA) is 29.0 Å². The Hall–Kier alpha value is -0.900. The number of hydrogen-bond donors (Lipinski definition) is 0. The van der Waals surface area contributed by atoms with Gasteiger partial charge in [-0.3, -0.25) is 0 Å². The maximum atomic E-state index is 13.7. The highest BCUT2D eigenvalue weighted by Crippen LogP contribution is 2.37. The molecule has 0 aromatic carbocycles. The van der Waals surface area contributed by atoms with Crippen LogP contribution in [0, 0.1) is 11.7 Å². The summed E-state index contributed by atoms with van der Waals surface area (Å²) in [6.07, 6.45) is 5.93. The van der Waals surface area contributed by atoms with Crippen molar-refractivity contribution in [1.82, 2.24) is 9.97 Å². The number of anilines is 1. The minimum atomic E-state index is -0.364. The molecule has 3 rings (SSSR count). The van der Waals surface area contributed by atoms with Gasteiger partial charge in [-0.15, -0.1) is 0 Å². The molecule has 2 saturated carbocycles. The van der Waals surface area contributed by atoms with Crippen molar-refractivity contribution in [2.75, 3.05) is 11.4 Å². The van der Waals surface area contributed by atoms with Crippen LogP contribution in [0.4, 0.5) is 10.2 Å². The van der Waals surface area contributed by atoms with E-state index in [-0.39, 0.29) is 11.1 Å². The molecule has 16 heavy (non-hydrogen) atoms. The minimum Gasteiger partial charge on any atom is -0.351 e. The molecule has 0 unspecified atom stereocenters. The monoisotopic (exact) mass is 241 g/mol. The molecule has 0 N–H and O–H groups in total. The van der Waals surface area contributed by atoms with Gasteiger partial charge >= 0.3 is 0 Å². The van der Waals surface area contributed by atoms with Crippen LogP contribution in [0.2, 0.25) is 5.28 Å². The summed E-state index contributed by atoms with van der Waals surface area (Å²) < 4.78 is 13.7. The van der Waals surface area contributed by atoms with Gasteiger partial charge in [0.05, 0.1) is 6.20 Å². The van der Waals surface area contributed by atoms with E-state index in [1.54, 1.807) is 0 Å². The summed E-state index contributed by atoms with van der Waals surface area (Å²) in [4.78, 5) is 9.74. The first-order valence-electron chi connectivity index (χ1n) is 5.68. The van der Waals surface area contributed by atoms with Gasteiger partial charge in [0.15, 0.2) is 11.6 Å². The molecule has 2 aliphatic rings. The molecule has 0 radical (unpaired) electrons. The maximum Gasteiger partial charge on any atom is 0.224 e. The molecule has 2 fully saturated rings. The highest BCUT2D eigenvalue weighted by Gasteiger charge is 2.35. The lowest BCUT2D eigenvalue weighted by atomic mass is 10.3. The fraction of sp³-hybridized carbons (Fsp3) is 0.636. The van der Waals surface area contributed by atoms with E-state index >= 15 is 0 Å². The van der Waals surface area contributed by atoms with Gasteiger partial charge in [-0.1, -0.05) is 0 Å². The van der Waals surface area contributed by atoms with Crippen LogP contribution in [0.3, 0.4) is 0 Å². The van der Waals surface area contributed by atoms with Gasteiger partial charge in [0.2, 0.25) is 5.28 Å². The Morgan fingerprint density at radius 3 is 2.75 bits per heavy atom. The van der Waals surface area contributed by atoms with Crippen molar-refractivity contribution >= 4 is 17.4 Å². The van der Waals surface area contributed by atoms with E-state index < -0.39 is 0 Å². The van der Waals surface area contributed by atoms with Crippen molar-refractivity contribution in [3.8, 4) is 0 Å². The molecule has 0 aliphatic heterocycles. The Balaban J connectivity index is 1.87. The zero-order chi connectivity index (χ0) is 11.1. The average molecular weight is 242 g/mol. The Morgan fingerprint density at radius 2 is 2.12 bits per heavy atom. The molecule has 0 amide bonds. The lowest BCUT2D eigenvalue weighted by Gasteiger charge is -2.23. The second kappa shape index (κ2) is 3.84. The highest BCUT2D eigenvalue weighted by atomic mass is 35.5. The fourth-order valence-electron chi connectivity index (χ4n) is 1.91. The van der Waals surface area contributed by atoms with Gasteiger partial charge < -0.3 is 4.90 Å². The molecule has 86 valence electrons. The van der Waals surface area contributed by atoms with Crippen LogP contribution >= 0.6 is 11.6 Å². The summed E-state index contributed by atoms with van der Waals surface area (Å²) in [6, 6.07) is 0.459. The first kappa shape index (κ1) is 10.3. The first-order chi connectivity index (χ1) is 7.74. The lowest BCUT2D eigenvalue weighted by molar-refractivity contribution is 0.592. The van der Waals surface area contributed by atoms with Crippen LogP contribution in [0.15, 0.2) is 6.20 Å². The van der Waals surface area contributed by atoms with E-state index in [0.717, 1.165) is 25.6 Å². The third kappa shape index (κ3) is 2.12. The van der Waals surface area contributed by atoms with E-state index in [0.29, 0.717) is 17.8 Å². The molecule has 1 aromatic rings. The molecule has 1 heterocycles. The van der Waals surface area contributed by atoms with Crippen LogP contribution in [0.1, 0.15) is 25.7 Å². The molecular formula is C11H13ClFN3. The largest absolute Gasteiger partial charge is 0.351 e. The predicted octanol–water partition coefficient (Wildman–Crippen LogP) is 2.65. The van der Waals surface area contributed by atoms with Crippen LogP contribution in [0.5, 0.6) is 0 Å². The van der Waals surface area contributed by atoms with Gasteiger partial charge in [-0.05, 0) is 43.2 Å². The lowest BCUT2D eigenvalue weighted by Crippen LogP contribution is -2.30. The molecule has 2 aliphatic carbocycles. The Labute approximate surface area is 98.6 Å². The minimum absolute atomic E-state index is 0.123. The SMILES string of the molecule is Fc1cnc(Cl)nc1N(CC1CC1)C1CC1. The highest BCUT2D eigenvalue weighted by molar-refractivity contribution is 6.28. The number of aromatic nitrogens is 2. The van der Waals surface area contributed by atoms with Gasteiger partial charge in [0.25, 0.3) is 0 Å². The second-order valence-corrected chi connectivity index (χ2v) is 4.98. The molecule has 1 aromatic heterocycles. The van der Waals surface area contributed by atoms with Crippen molar-refractivity contribution in [3.05, 3.63) is 17.3 Å². The Kier molecular flexibility index (Phi) is 2.46. The summed E-state index contributed by atoms with van der Waals surface area (Å²) in [5.74, 6) is 0.736. The molecule has 5 heteroatoms. The van der Waals surface area contributed by atoms with Crippen molar-refractivity contribution in [2.45, 2.75) is 31.7 Å². The summed E-state index contributed by atoms with van der Waals surface area (Å²) in [7, 11) is 0. The van der Waals surface area contributed by atoms with E-state index in [1.807, 2.05) is 0 Å². The van der Waals surface area contributed by atoms with Crippen LogP contribution in [-0.4, -0.2) is 22.6 Å². The molecule has 0 saturated heterocycles. The summed E-state index contributed by atoms with van der Waals surface area (Å²) in [5.41, 5.74) is 0. The van der Waals surface area contributed by atoms with Crippen molar-refractivity contribution in [1.29, 1.82) is 0 Å². The van der Waals surface area contributed by atoms with E-state index in [2.05, 4.69) is 14.9 Å². The van der Waals surface area contributed by atoms with Crippen LogP contribution in [0.25, 0.3) is 0 Å². The van der Waals surface area contributed by atoms with E-state index in [4.69, 9.17) is 11.6 Å². The smallest absolute Gasteiger partial charge is 0.224 e. The quantitative estimate of drug-likeness (QED) is 0.759. The fourth-order valence-corrected chi connectivity index (χ4v) is 2.04.